The number of ether oxygens (including phenoxy) is 2. The van der Waals surface area contributed by atoms with E-state index in [-0.39, 0.29) is 42.6 Å². The van der Waals surface area contributed by atoms with Crippen molar-refractivity contribution in [2.45, 2.75) is 79.4 Å². The van der Waals surface area contributed by atoms with Gasteiger partial charge in [0.25, 0.3) is 0 Å². The van der Waals surface area contributed by atoms with Crippen LogP contribution in [-0.2, 0) is 23.9 Å². The molecule has 1 aliphatic carbocycles. The maximum atomic E-state index is 12.3. The highest BCUT2D eigenvalue weighted by molar-refractivity contribution is 5.95. The van der Waals surface area contributed by atoms with Crippen LogP contribution in [0.1, 0.15) is 67.2 Å². The number of allylic oxidation sites excluding steroid dienone is 2. The summed E-state index contributed by atoms with van der Waals surface area (Å²) in [6.07, 6.45) is 0.842. The quantitative estimate of drug-likeness (QED) is 0.315. The molecule has 0 aliphatic heterocycles. The Labute approximate surface area is 185 Å². The molecular formula is C24H38O7. The second-order valence-corrected chi connectivity index (χ2v) is 8.17. The molecule has 0 saturated heterocycles. The number of ketones is 1. The molecule has 0 spiro atoms. The maximum absolute atomic E-state index is 12.3. The first-order valence-electron chi connectivity index (χ1n) is 10.6. The number of esters is 2. The average molecular weight is 439 g/mol. The summed E-state index contributed by atoms with van der Waals surface area (Å²) in [6, 6.07) is 0. The van der Waals surface area contributed by atoms with Crippen molar-refractivity contribution in [2.75, 3.05) is 6.61 Å². The lowest BCUT2D eigenvalue weighted by atomic mass is 9.82. The van der Waals surface area contributed by atoms with Gasteiger partial charge in [-0.05, 0) is 52.0 Å². The minimum atomic E-state index is -0.474. The van der Waals surface area contributed by atoms with E-state index in [0.29, 0.717) is 30.4 Å². The van der Waals surface area contributed by atoms with Crippen molar-refractivity contribution in [3.8, 4) is 0 Å². The number of hydrogen-bond donors (Lipinski definition) is 2. The smallest absolute Gasteiger partial charge is 0.309 e. The molecule has 176 valence electrons. The van der Waals surface area contributed by atoms with Gasteiger partial charge in [0.15, 0.2) is 5.78 Å². The molecule has 0 bridgehead atoms. The van der Waals surface area contributed by atoms with E-state index in [1.165, 1.54) is 6.92 Å². The number of hydrogen-bond acceptors (Lipinski definition) is 7. The van der Waals surface area contributed by atoms with Crippen molar-refractivity contribution in [3.05, 3.63) is 35.6 Å². The van der Waals surface area contributed by atoms with Crippen LogP contribution in [0.15, 0.2) is 35.6 Å². The van der Waals surface area contributed by atoms with E-state index in [1.54, 1.807) is 27.7 Å². The first-order chi connectivity index (χ1) is 14.3. The molecule has 7 heteroatoms. The van der Waals surface area contributed by atoms with Crippen LogP contribution in [0.3, 0.4) is 0 Å². The zero-order chi connectivity index (χ0) is 24.3. The summed E-state index contributed by atoms with van der Waals surface area (Å²) < 4.78 is 10.6. The van der Waals surface area contributed by atoms with Gasteiger partial charge in [0.05, 0.1) is 17.9 Å². The topological polar surface area (TPSA) is 110 Å². The minimum Gasteiger partial charge on any atom is -0.508 e. The molecule has 0 amide bonds. The standard InChI is InChI=1S/C19H28O6.C5H10O/c1-6-15(25-18(22)11(2)3)10-24-19(23)14-7-8-16(12(4)20)17(9-14)13(5)21;1-4(2)5(3)6/h11,14-15,20H,4,6-10H2,1-3,5H3;5-6H,1H2,2-3H3. The summed E-state index contributed by atoms with van der Waals surface area (Å²) in [4.78, 5) is 35.7. The monoisotopic (exact) mass is 438 g/mol. The zero-order valence-electron chi connectivity index (χ0n) is 19.7. The summed E-state index contributed by atoms with van der Waals surface area (Å²) in [5, 5.41) is 18.1. The highest BCUT2D eigenvalue weighted by atomic mass is 16.6. The number of carbonyl (C=O) groups excluding carboxylic acids is 3. The molecule has 2 N–H and O–H groups in total. The van der Waals surface area contributed by atoms with Crippen LogP contribution >= 0.6 is 0 Å². The number of Topliss-reactive ketones (excluding diaryl/α,β-unsaturated/α-hetero) is 1. The highest BCUT2D eigenvalue weighted by Crippen LogP contribution is 2.33. The Morgan fingerprint density at radius 3 is 2.06 bits per heavy atom. The van der Waals surface area contributed by atoms with Gasteiger partial charge in [0.2, 0.25) is 0 Å². The number of carbonyl (C=O) groups is 3. The van der Waals surface area contributed by atoms with E-state index in [0.717, 1.165) is 5.57 Å². The number of rotatable bonds is 9. The molecule has 0 aromatic rings. The normalized spacial score (nSPS) is 17.7. The van der Waals surface area contributed by atoms with Crippen LogP contribution in [0.25, 0.3) is 0 Å². The van der Waals surface area contributed by atoms with Gasteiger partial charge < -0.3 is 19.7 Å². The molecule has 0 heterocycles. The summed E-state index contributed by atoms with van der Waals surface area (Å²) in [6.45, 7) is 17.2. The molecule has 0 aromatic carbocycles. The van der Waals surface area contributed by atoms with E-state index in [1.807, 2.05) is 6.92 Å². The summed E-state index contributed by atoms with van der Waals surface area (Å²) in [7, 11) is 0. The fourth-order valence-electron chi connectivity index (χ4n) is 2.65. The van der Waals surface area contributed by atoms with Crippen LogP contribution in [0, 0.1) is 11.8 Å². The fourth-order valence-corrected chi connectivity index (χ4v) is 2.65. The molecule has 0 aromatic heterocycles. The third-order valence-corrected chi connectivity index (χ3v) is 5.00. The van der Waals surface area contributed by atoms with Gasteiger partial charge in [-0.25, -0.2) is 0 Å². The predicted octanol–water partition coefficient (Wildman–Crippen LogP) is 4.21. The molecule has 1 aliphatic rings. The first kappa shape index (κ1) is 28.6. The van der Waals surface area contributed by atoms with E-state index in [9.17, 15) is 19.5 Å². The Hall–Kier alpha value is -2.41. The average Bonchev–Trinajstić information content (AvgIpc) is 2.70. The number of aliphatic hydroxyl groups is 2. The highest BCUT2D eigenvalue weighted by Gasteiger charge is 2.31. The molecule has 3 unspecified atom stereocenters. The van der Waals surface area contributed by atoms with Crippen LogP contribution in [-0.4, -0.2) is 46.7 Å². The summed E-state index contributed by atoms with van der Waals surface area (Å²) in [5.41, 5.74) is 1.77. The Morgan fingerprint density at radius 1 is 1.13 bits per heavy atom. The van der Waals surface area contributed by atoms with Crippen molar-refractivity contribution in [3.63, 3.8) is 0 Å². The van der Waals surface area contributed by atoms with Crippen molar-refractivity contribution >= 4 is 17.7 Å². The third-order valence-electron chi connectivity index (χ3n) is 5.00. The van der Waals surface area contributed by atoms with Gasteiger partial charge in [-0.15, -0.1) is 0 Å². The van der Waals surface area contributed by atoms with Crippen molar-refractivity contribution in [1.82, 2.24) is 0 Å². The second kappa shape index (κ2) is 13.8. The van der Waals surface area contributed by atoms with Crippen LogP contribution in [0.4, 0.5) is 0 Å². The van der Waals surface area contributed by atoms with Crippen molar-refractivity contribution in [2.24, 2.45) is 11.8 Å². The van der Waals surface area contributed by atoms with Gasteiger partial charge in [0, 0.05) is 5.57 Å². The minimum absolute atomic E-state index is 0.00295. The van der Waals surface area contributed by atoms with Gasteiger partial charge in [-0.2, -0.15) is 0 Å². The van der Waals surface area contributed by atoms with Gasteiger partial charge in [0.1, 0.15) is 18.5 Å². The number of aliphatic hydroxyl groups excluding tert-OH is 2. The zero-order valence-corrected chi connectivity index (χ0v) is 19.7. The van der Waals surface area contributed by atoms with Crippen LogP contribution in [0.2, 0.25) is 0 Å². The second-order valence-electron chi connectivity index (χ2n) is 8.17. The largest absolute Gasteiger partial charge is 0.508 e. The fraction of sp³-hybridized carbons (Fsp3) is 0.625. The van der Waals surface area contributed by atoms with Crippen molar-refractivity contribution in [1.29, 1.82) is 0 Å². The lowest BCUT2D eigenvalue weighted by molar-refractivity contribution is -0.163. The lowest BCUT2D eigenvalue weighted by Crippen LogP contribution is -2.30. The first-order valence-corrected chi connectivity index (χ1v) is 10.6. The molecule has 0 saturated carbocycles. The molecular weight excluding hydrogens is 400 g/mol. The maximum Gasteiger partial charge on any atom is 0.309 e. The third kappa shape index (κ3) is 10.4. The molecule has 0 fully saturated rings. The Morgan fingerprint density at radius 2 is 1.68 bits per heavy atom. The van der Waals surface area contributed by atoms with Gasteiger partial charge >= 0.3 is 11.9 Å². The Kier molecular flexibility index (Phi) is 12.7. The summed E-state index contributed by atoms with van der Waals surface area (Å²) in [5.74, 6) is -1.73. The van der Waals surface area contributed by atoms with Gasteiger partial charge in [-0.3, -0.25) is 14.4 Å². The van der Waals surface area contributed by atoms with E-state index < -0.39 is 18.0 Å². The Balaban J connectivity index is 0.00000131. The van der Waals surface area contributed by atoms with E-state index >= 15 is 0 Å². The predicted molar refractivity (Wildman–Crippen MR) is 119 cm³/mol. The molecule has 1 rings (SSSR count). The Bertz CT molecular complexity index is 701. The van der Waals surface area contributed by atoms with Crippen LogP contribution in [0.5, 0.6) is 0 Å². The molecule has 31 heavy (non-hydrogen) atoms. The van der Waals surface area contributed by atoms with E-state index in [4.69, 9.17) is 14.6 Å². The van der Waals surface area contributed by atoms with E-state index in [2.05, 4.69) is 13.2 Å². The molecule has 0 radical (unpaired) electrons. The van der Waals surface area contributed by atoms with Crippen molar-refractivity contribution < 1.29 is 34.1 Å². The lowest BCUT2D eigenvalue weighted by Gasteiger charge is -2.25. The van der Waals surface area contributed by atoms with Gasteiger partial charge in [-0.1, -0.05) is 39.5 Å². The molecule has 7 nitrogen and oxygen atoms in total. The molecule has 3 atom stereocenters. The van der Waals surface area contributed by atoms with Crippen LogP contribution < -0.4 is 0 Å². The SMILES string of the molecule is C=C(C)C(C)O.C=C(O)C1=C(C(C)=O)CC(C(=O)OCC(CC)OC(=O)C(C)C)CC1. The summed E-state index contributed by atoms with van der Waals surface area (Å²) >= 11 is 0.